The number of fused-ring (bicyclic) bond motifs is 1. The second kappa shape index (κ2) is 10.6. The lowest BCUT2D eigenvalue weighted by molar-refractivity contribution is -0.143. The molecule has 8 nitrogen and oxygen atoms in total. The monoisotopic (exact) mass is 515 g/mol. The lowest BCUT2D eigenvalue weighted by Crippen LogP contribution is -2.41. The van der Waals surface area contributed by atoms with Crippen molar-refractivity contribution in [3.63, 3.8) is 0 Å². The van der Waals surface area contributed by atoms with Crippen LogP contribution in [0.3, 0.4) is 0 Å². The van der Waals surface area contributed by atoms with Gasteiger partial charge in [0.25, 0.3) is 10.0 Å². The Bertz CT molecular complexity index is 1320. The number of rotatable bonds is 9. The van der Waals surface area contributed by atoms with Crippen molar-refractivity contribution in [3.8, 4) is 11.5 Å². The molecule has 0 N–H and O–H groups in total. The Hall–Kier alpha value is -3.21. The third kappa shape index (κ3) is 5.24. The topological polar surface area (TPSA) is 99.2 Å². The highest BCUT2D eigenvalue weighted by Crippen LogP contribution is 2.37. The molecule has 0 spiro atoms. The number of benzene rings is 2. The number of carbonyl (C=O) groups is 2. The maximum atomic E-state index is 13.3. The number of Topliss-reactive ketones (excluding diaryl/α,β-unsaturated/α-hetero) is 1. The number of thiophene rings is 1. The Morgan fingerprint density at radius 2 is 1.86 bits per heavy atom. The number of sulfonamides is 1. The number of carbonyl (C=O) groups excluding carboxylic acids is 2. The summed E-state index contributed by atoms with van der Waals surface area (Å²) in [5.41, 5.74) is 1.97. The molecule has 184 valence electrons. The zero-order valence-electron chi connectivity index (χ0n) is 19.3. The van der Waals surface area contributed by atoms with Gasteiger partial charge in [-0.2, -0.15) is 4.31 Å². The Morgan fingerprint density at radius 3 is 2.57 bits per heavy atom. The molecule has 1 aromatic heterocycles. The Kier molecular flexibility index (Phi) is 7.54. The lowest BCUT2D eigenvalue weighted by atomic mass is 9.92. The fourth-order valence-electron chi connectivity index (χ4n) is 4.13. The quantitative estimate of drug-likeness (QED) is 0.315. The number of hydrogen-bond acceptors (Lipinski definition) is 8. The van der Waals surface area contributed by atoms with Gasteiger partial charge in [-0.1, -0.05) is 30.3 Å². The number of ether oxygens (including phenoxy) is 3. The van der Waals surface area contributed by atoms with E-state index in [1.165, 1.54) is 24.6 Å². The van der Waals surface area contributed by atoms with Crippen molar-refractivity contribution >= 4 is 33.1 Å². The highest BCUT2D eigenvalue weighted by Gasteiger charge is 2.38. The molecule has 10 heteroatoms. The van der Waals surface area contributed by atoms with E-state index in [1.807, 2.05) is 24.3 Å². The van der Waals surface area contributed by atoms with Gasteiger partial charge >= 0.3 is 5.97 Å². The summed E-state index contributed by atoms with van der Waals surface area (Å²) in [6.07, 6.45) is 0.324. The third-order valence-electron chi connectivity index (χ3n) is 5.85. The van der Waals surface area contributed by atoms with Crippen molar-refractivity contribution in [3.05, 3.63) is 76.7 Å². The molecule has 1 aliphatic heterocycles. The highest BCUT2D eigenvalue weighted by atomic mass is 32.2. The molecule has 0 radical (unpaired) electrons. The van der Waals surface area contributed by atoms with Crippen molar-refractivity contribution in [2.45, 2.75) is 23.1 Å². The summed E-state index contributed by atoms with van der Waals surface area (Å²) in [4.78, 5) is 25.6. The summed E-state index contributed by atoms with van der Waals surface area (Å²) in [6.45, 7) is -0.260. The molecular weight excluding hydrogens is 490 g/mol. The van der Waals surface area contributed by atoms with E-state index in [9.17, 15) is 18.0 Å². The molecule has 2 aromatic carbocycles. The molecule has 0 saturated carbocycles. The predicted molar refractivity (Wildman–Crippen MR) is 131 cm³/mol. The molecule has 3 aromatic rings. The first-order valence-corrected chi connectivity index (χ1v) is 13.2. The molecular formula is C25H25NO7S2. The number of hydrogen-bond donors (Lipinski definition) is 0. The van der Waals surface area contributed by atoms with Gasteiger partial charge in [0.05, 0.1) is 32.2 Å². The van der Waals surface area contributed by atoms with E-state index >= 15 is 0 Å². The summed E-state index contributed by atoms with van der Waals surface area (Å²) in [6, 6.07) is 14.7. The molecule has 1 aliphatic rings. The van der Waals surface area contributed by atoms with Gasteiger partial charge in [0, 0.05) is 6.54 Å². The summed E-state index contributed by atoms with van der Waals surface area (Å²) >= 11 is 1.13. The fraction of sp³-hybridized carbons (Fsp3) is 0.280. The molecule has 35 heavy (non-hydrogen) atoms. The van der Waals surface area contributed by atoms with Gasteiger partial charge in [0.1, 0.15) is 15.7 Å². The summed E-state index contributed by atoms with van der Waals surface area (Å²) in [5.74, 6) is -0.329. The van der Waals surface area contributed by atoms with Crippen LogP contribution in [0.1, 0.15) is 33.9 Å². The Balaban J connectivity index is 1.53. The maximum Gasteiger partial charge on any atom is 0.308 e. The highest BCUT2D eigenvalue weighted by molar-refractivity contribution is 7.91. The second-order valence-corrected chi connectivity index (χ2v) is 10.9. The lowest BCUT2D eigenvalue weighted by Gasteiger charge is -2.35. The first-order chi connectivity index (χ1) is 16.8. The molecule has 0 amide bonds. The van der Waals surface area contributed by atoms with E-state index < -0.39 is 34.4 Å². The molecule has 0 fully saturated rings. The van der Waals surface area contributed by atoms with Crippen LogP contribution in [0.2, 0.25) is 0 Å². The summed E-state index contributed by atoms with van der Waals surface area (Å²) in [7, 11) is -0.882. The maximum absolute atomic E-state index is 13.3. The summed E-state index contributed by atoms with van der Waals surface area (Å²) in [5, 5.41) is 1.70. The van der Waals surface area contributed by atoms with Gasteiger partial charge in [-0.25, -0.2) is 8.42 Å². The molecule has 1 unspecified atom stereocenters. The van der Waals surface area contributed by atoms with Crippen LogP contribution in [0.4, 0.5) is 0 Å². The molecule has 0 aliphatic carbocycles. The predicted octanol–water partition coefficient (Wildman–Crippen LogP) is 3.87. The van der Waals surface area contributed by atoms with Gasteiger partial charge in [-0.05, 0) is 47.2 Å². The standard InChI is InChI=1S/C25H25NO7S2/c1-31-18-9-10-23(32-2)20(14-18)22(27)16-33-24(28)15-21-19-7-4-3-6-17(19)11-12-26(21)35(29,30)25-8-5-13-34-25/h3-10,13-14,21H,11-12,15-16H2,1-2H3. The molecule has 0 saturated heterocycles. The van der Waals surface area contributed by atoms with E-state index in [0.717, 1.165) is 22.5 Å². The van der Waals surface area contributed by atoms with Crippen LogP contribution < -0.4 is 9.47 Å². The number of esters is 1. The van der Waals surface area contributed by atoms with Crippen LogP contribution in [-0.4, -0.2) is 51.8 Å². The van der Waals surface area contributed by atoms with E-state index in [-0.39, 0.29) is 22.7 Å². The Morgan fingerprint density at radius 1 is 1.06 bits per heavy atom. The van der Waals surface area contributed by atoms with Crippen molar-refractivity contribution in [2.24, 2.45) is 0 Å². The van der Waals surface area contributed by atoms with Gasteiger partial charge in [0.2, 0.25) is 5.78 Å². The molecule has 2 heterocycles. The first kappa shape index (κ1) is 24.9. The van der Waals surface area contributed by atoms with Crippen LogP contribution >= 0.6 is 11.3 Å². The van der Waals surface area contributed by atoms with E-state index in [2.05, 4.69) is 0 Å². The van der Waals surface area contributed by atoms with Crippen LogP contribution in [0.15, 0.2) is 64.2 Å². The number of methoxy groups -OCH3 is 2. The average molecular weight is 516 g/mol. The van der Waals surface area contributed by atoms with Crippen LogP contribution in [0.25, 0.3) is 0 Å². The average Bonchev–Trinajstić information content (AvgIpc) is 3.43. The van der Waals surface area contributed by atoms with Crippen molar-refractivity contribution in [2.75, 3.05) is 27.4 Å². The zero-order valence-corrected chi connectivity index (χ0v) is 20.9. The van der Waals surface area contributed by atoms with Crippen molar-refractivity contribution in [1.82, 2.24) is 4.31 Å². The third-order valence-corrected chi connectivity index (χ3v) is 9.13. The Labute approximate surface area is 208 Å². The SMILES string of the molecule is COc1ccc(OC)c(C(=O)COC(=O)CC2c3ccccc3CCN2S(=O)(=O)c2cccs2)c1. The van der Waals surface area contributed by atoms with Gasteiger partial charge in [-0.15, -0.1) is 11.3 Å². The van der Waals surface area contributed by atoms with Crippen LogP contribution in [0.5, 0.6) is 11.5 Å². The van der Waals surface area contributed by atoms with Gasteiger partial charge < -0.3 is 14.2 Å². The largest absolute Gasteiger partial charge is 0.497 e. The van der Waals surface area contributed by atoms with Gasteiger partial charge in [-0.3, -0.25) is 9.59 Å². The zero-order chi connectivity index (χ0) is 25.0. The van der Waals surface area contributed by atoms with Crippen molar-refractivity contribution < 1.29 is 32.2 Å². The second-order valence-electron chi connectivity index (χ2n) is 7.87. The van der Waals surface area contributed by atoms with E-state index in [1.54, 1.807) is 29.6 Å². The normalized spacial score (nSPS) is 15.8. The van der Waals surface area contributed by atoms with Crippen molar-refractivity contribution in [1.29, 1.82) is 0 Å². The van der Waals surface area contributed by atoms with E-state index in [4.69, 9.17) is 14.2 Å². The minimum Gasteiger partial charge on any atom is -0.497 e. The molecule has 0 bridgehead atoms. The first-order valence-electron chi connectivity index (χ1n) is 10.9. The molecule has 1 atom stereocenters. The van der Waals surface area contributed by atoms with E-state index in [0.29, 0.717) is 17.9 Å². The van der Waals surface area contributed by atoms with Crippen LogP contribution in [0, 0.1) is 0 Å². The minimum atomic E-state index is -3.80. The number of nitrogens with zero attached hydrogens (tertiary/aromatic N) is 1. The fourth-order valence-corrected chi connectivity index (χ4v) is 6.85. The van der Waals surface area contributed by atoms with Gasteiger partial charge in [0.15, 0.2) is 6.61 Å². The minimum absolute atomic E-state index is 0.218. The molecule has 4 rings (SSSR count). The van der Waals surface area contributed by atoms with Crippen LogP contribution in [-0.2, 0) is 26.0 Å². The summed E-state index contributed by atoms with van der Waals surface area (Å²) < 4.78 is 43.9. The smallest absolute Gasteiger partial charge is 0.308 e. The number of ketones is 1.